The predicted molar refractivity (Wildman–Crippen MR) is 89.1 cm³/mol. The summed E-state index contributed by atoms with van der Waals surface area (Å²) in [5.74, 6) is 0.877. The van der Waals surface area contributed by atoms with Crippen molar-refractivity contribution in [2.75, 3.05) is 0 Å². The number of benzene rings is 3. The maximum atomic E-state index is 5.36. The molecule has 0 aliphatic heterocycles. The first-order chi connectivity index (χ1) is 9.81. The first-order valence-electron chi connectivity index (χ1n) is 6.80. The summed E-state index contributed by atoms with van der Waals surface area (Å²) in [5.41, 5.74) is 3.67. The minimum absolute atomic E-state index is 0.877. The lowest BCUT2D eigenvalue weighted by atomic mass is 9.99. The molecule has 0 bridgehead atoms. The molecule has 0 saturated heterocycles. The summed E-state index contributed by atoms with van der Waals surface area (Å²) in [6.07, 6.45) is 1.07. The van der Waals surface area contributed by atoms with Gasteiger partial charge in [0.2, 0.25) is 0 Å². The van der Waals surface area contributed by atoms with E-state index in [0.717, 1.165) is 17.7 Å². The van der Waals surface area contributed by atoms with Crippen LogP contribution in [-0.2, 0) is 6.42 Å². The number of rotatable bonds is 3. The maximum Gasteiger partial charge on any atom is 0.130 e. The second-order valence-corrected chi connectivity index (χ2v) is 5.10. The monoisotopic (exact) mass is 280 g/mol. The highest BCUT2D eigenvalue weighted by Gasteiger charge is 2.05. The smallest absolute Gasteiger partial charge is 0.130 e. The zero-order valence-corrected chi connectivity index (χ0v) is 12.6. The van der Waals surface area contributed by atoms with E-state index < -0.39 is 0 Å². The lowest BCUT2D eigenvalue weighted by molar-refractivity contribution is 0.648. The Morgan fingerprint density at radius 1 is 0.900 bits per heavy atom. The van der Waals surface area contributed by atoms with Crippen molar-refractivity contribution < 1.29 is 4.52 Å². The van der Waals surface area contributed by atoms with Crippen LogP contribution in [0.15, 0.2) is 60.7 Å². The van der Waals surface area contributed by atoms with Crippen LogP contribution in [0.2, 0.25) is 0 Å². The number of aryl methyl sites for hydroxylation is 1. The third-order valence-electron chi connectivity index (χ3n) is 3.64. The molecular weight excluding hydrogens is 263 g/mol. The molecule has 1 unspecified atom stereocenters. The first kappa shape index (κ1) is 13.1. The van der Waals surface area contributed by atoms with Crippen molar-refractivity contribution in [1.29, 1.82) is 0 Å². The summed E-state index contributed by atoms with van der Waals surface area (Å²) in [7, 11) is 2.32. The Hall–Kier alpha value is -1.85. The molecule has 3 aromatic carbocycles. The van der Waals surface area contributed by atoms with Crippen molar-refractivity contribution in [3.63, 3.8) is 0 Å². The summed E-state index contributed by atoms with van der Waals surface area (Å²) in [5, 5.41) is 2.55. The molecule has 0 radical (unpaired) electrons. The van der Waals surface area contributed by atoms with Crippen LogP contribution >= 0.6 is 9.47 Å². The van der Waals surface area contributed by atoms with Crippen LogP contribution in [0.3, 0.4) is 0 Å². The average molecular weight is 280 g/mol. The van der Waals surface area contributed by atoms with Gasteiger partial charge in [0.15, 0.2) is 0 Å². The molecule has 2 heteroatoms. The fourth-order valence-corrected chi connectivity index (χ4v) is 2.70. The van der Waals surface area contributed by atoms with Crippen molar-refractivity contribution in [1.82, 2.24) is 0 Å². The SMILES string of the molecule is CCc1ccc2cc(-c3ccccc3OP)ccc2c1. The molecule has 1 nitrogen and oxygen atoms in total. The molecule has 3 aromatic rings. The van der Waals surface area contributed by atoms with Crippen LogP contribution in [0.5, 0.6) is 5.75 Å². The highest BCUT2D eigenvalue weighted by molar-refractivity contribution is 7.10. The predicted octanol–water partition coefficient (Wildman–Crippen LogP) is 5.24. The highest BCUT2D eigenvalue weighted by Crippen LogP contribution is 2.32. The van der Waals surface area contributed by atoms with Crippen LogP contribution in [0.1, 0.15) is 12.5 Å². The normalized spacial score (nSPS) is 10.7. The molecule has 0 fully saturated rings. The highest BCUT2D eigenvalue weighted by atomic mass is 31.0. The average Bonchev–Trinajstić information content (AvgIpc) is 2.53. The minimum Gasteiger partial charge on any atom is -0.480 e. The van der Waals surface area contributed by atoms with E-state index >= 15 is 0 Å². The molecule has 0 saturated carbocycles. The molecular formula is C18H17OP. The van der Waals surface area contributed by atoms with E-state index in [0.29, 0.717) is 0 Å². The fourth-order valence-electron chi connectivity index (χ4n) is 2.49. The lowest BCUT2D eigenvalue weighted by Crippen LogP contribution is -1.84. The Balaban J connectivity index is 2.13. The van der Waals surface area contributed by atoms with Gasteiger partial charge in [-0.2, -0.15) is 0 Å². The molecule has 3 rings (SSSR count). The summed E-state index contributed by atoms with van der Waals surface area (Å²) in [6.45, 7) is 2.18. The van der Waals surface area contributed by atoms with Gasteiger partial charge in [-0.25, -0.2) is 0 Å². The van der Waals surface area contributed by atoms with Gasteiger partial charge in [-0.3, -0.25) is 0 Å². The summed E-state index contributed by atoms with van der Waals surface area (Å²) < 4.78 is 5.36. The van der Waals surface area contributed by atoms with Crippen molar-refractivity contribution >= 4 is 20.2 Å². The summed E-state index contributed by atoms with van der Waals surface area (Å²) >= 11 is 0. The van der Waals surface area contributed by atoms with Crippen LogP contribution < -0.4 is 4.52 Å². The minimum atomic E-state index is 0.877. The molecule has 1 atom stereocenters. The third-order valence-corrected chi connectivity index (χ3v) is 3.89. The number of para-hydroxylation sites is 1. The van der Waals surface area contributed by atoms with Gasteiger partial charge in [-0.1, -0.05) is 55.5 Å². The fraction of sp³-hybridized carbons (Fsp3) is 0.111. The zero-order valence-electron chi connectivity index (χ0n) is 11.5. The largest absolute Gasteiger partial charge is 0.480 e. The Labute approximate surface area is 121 Å². The van der Waals surface area contributed by atoms with Gasteiger partial charge in [-0.15, -0.1) is 0 Å². The third kappa shape index (κ3) is 2.42. The van der Waals surface area contributed by atoms with Gasteiger partial charge in [0.05, 0.1) is 9.47 Å². The van der Waals surface area contributed by atoms with Gasteiger partial charge in [-0.05, 0) is 40.5 Å². The maximum absolute atomic E-state index is 5.36. The van der Waals surface area contributed by atoms with Gasteiger partial charge in [0.25, 0.3) is 0 Å². The molecule has 0 aromatic heterocycles. The molecule has 0 aliphatic rings. The van der Waals surface area contributed by atoms with Crippen LogP contribution in [0, 0.1) is 0 Å². The first-order valence-corrected chi connectivity index (χ1v) is 7.28. The second kappa shape index (κ2) is 5.64. The number of fused-ring (bicyclic) bond motifs is 1. The quantitative estimate of drug-likeness (QED) is 0.596. The molecule has 0 spiro atoms. The molecule has 0 heterocycles. The number of hydrogen-bond acceptors (Lipinski definition) is 1. The Morgan fingerprint density at radius 2 is 1.65 bits per heavy atom. The van der Waals surface area contributed by atoms with E-state index in [9.17, 15) is 0 Å². The van der Waals surface area contributed by atoms with Gasteiger partial charge >= 0.3 is 0 Å². The Bertz CT molecular complexity index is 749. The Kier molecular flexibility index (Phi) is 3.71. The van der Waals surface area contributed by atoms with Gasteiger partial charge in [0.1, 0.15) is 5.75 Å². The van der Waals surface area contributed by atoms with E-state index in [1.807, 2.05) is 18.2 Å². The molecule has 0 aliphatic carbocycles. The van der Waals surface area contributed by atoms with E-state index in [-0.39, 0.29) is 0 Å². The topological polar surface area (TPSA) is 9.23 Å². The zero-order chi connectivity index (χ0) is 13.9. The molecule has 20 heavy (non-hydrogen) atoms. The van der Waals surface area contributed by atoms with Crippen LogP contribution in [0.25, 0.3) is 21.9 Å². The molecule has 0 amide bonds. The van der Waals surface area contributed by atoms with Crippen molar-refractivity contribution in [3.05, 3.63) is 66.2 Å². The molecule has 0 N–H and O–H groups in total. The van der Waals surface area contributed by atoms with Crippen LogP contribution in [-0.4, -0.2) is 0 Å². The van der Waals surface area contributed by atoms with Crippen LogP contribution in [0.4, 0.5) is 0 Å². The van der Waals surface area contributed by atoms with E-state index in [1.165, 1.54) is 21.9 Å². The van der Waals surface area contributed by atoms with Crippen molar-refractivity contribution in [2.24, 2.45) is 0 Å². The standard InChI is InChI=1S/C18H17OP/c1-2-13-7-8-15-12-16(10-9-14(15)11-13)17-5-3-4-6-18(17)19-20/h3-12H,2,20H2,1H3. The van der Waals surface area contributed by atoms with E-state index in [1.54, 1.807) is 0 Å². The summed E-state index contributed by atoms with van der Waals surface area (Å²) in [6, 6.07) is 21.3. The van der Waals surface area contributed by atoms with Crippen molar-refractivity contribution in [3.8, 4) is 16.9 Å². The van der Waals surface area contributed by atoms with Gasteiger partial charge < -0.3 is 4.52 Å². The lowest BCUT2D eigenvalue weighted by Gasteiger charge is -2.09. The van der Waals surface area contributed by atoms with E-state index in [4.69, 9.17) is 4.52 Å². The van der Waals surface area contributed by atoms with Crippen molar-refractivity contribution in [2.45, 2.75) is 13.3 Å². The number of hydrogen-bond donors (Lipinski definition) is 0. The summed E-state index contributed by atoms with van der Waals surface area (Å²) in [4.78, 5) is 0. The Morgan fingerprint density at radius 3 is 2.45 bits per heavy atom. The van der Waals surface area contributed by atoms with E-state index in [2.05, 4.69) is 58.9 Å². The second-order valence-electron chi connectivity index (χ2n) is 4.86. The van der Waals surface area contributed by atoms with Gasteiger partial charge in [0, 0.05) is 5.56 Å². The molecule has 100 valence electrons.